The van der Waals surface area contributed by atoms with Crippen LogP contribution >= 0.6 is 0 Å². The largest absolute Gasteiger partial charge is 0.481 e. The second-order valence-electron chi connectivity index (χ2n) is 5.19. The summed E-state index contributed by atoms with van der Waals surface area (Å²) in [4.78, 5) is 10.4. The fourth-order valence-electron chi connectivity index (χ4n) is 2.20. The summed E-state index contributed by atoms with van der Waals surface area (Å²) in [7, 11) is -2.19. The molecule has 0 spiro atoms. The van der Waals surface area contributed by atoms with Gasteiger partial charge in [-0.1, -0.05) is 19.3 Å². The molecule has 0 atom stereocenters. The van der Waals surface area contributed by atoms with Crippen LogP contribution in [0.4, 0.5) is 0 Å². The Labute approximate surface area is 109 Å². The number of hydrogen-bond acceptors (Lipinski definition) is 3. The molecule has 1 rings (SSSR count). The van der Waals surface area contributed by atoms with Gasteiger partial charge in [-0.2, -0.15) is 17.4 Å². The highest BCUT2D eigenvalue weighted by Crippen LogP contribution is 2.28. The van der Waals surface area contributed by atoms with Crippen LogP contribution in [0.5, 0.6) is 0 Å². The Balaban J connectivity index is 2.59. The molecule has 18 heavy (non-hydrogen) atoms. The third-order valence-electron chi connectivity index (χ3n) is 3.38. The molecule has 0 bridgehead atoms. The van der Waals surface area contributed by atoms with Gasteiger partial charge in [0.15, 0.2) is 0 Å². The van der Waals surface area contributed by atoms with Gasteiger partial charge in [-0.3, -0.25) is 4.79 Å². The predicted molar refractivity (Wildman–Crippen MR) is 68.4 cm³/mol. The molecule has 1 saturated carbocycles. The van der Waals surface area contributed by atoms with E-state index < -0.39 is 21.7 Å². The van der Waals surface area contributed by atoms with Crippen LogP contribution in [0, 0.1) is 0 Å². The van der Waals surface area contributed by atoms with E-state index in [1.165, 1.54) is 7.05 Å². The number of hydrogen-bond donors (Lipinski definition) is 2. The van der Waals surface area contributed by atoms with E-state index in [0.29, 0.717) is 0 Å². The number of aliphatic carboxylic acids is 1. The van der Waals surface area contributed by atoms with E-state index in [0.717, 1.165) is 36.4 Å². The minimum Gasteiger partial charge on any atom is -0.481 e. The van der Waals surface area contributed by atoms with Gasteiger partial charge < -0.3 is 5.11 Å². The second kappa shape index (κ2) is 5.99. The third kappa shape index (κ3) is 4.55. The first-order valence-electron chi connectivity index (χ1n) is 6.22. The number of rotatable bonds is 6. The molecule has 0 aromatic rings. The van der Waals surface area contributed by atoms with E-state index in [-0.39, 0.29) is 13.0 Å². The second-order valence-corrected chi connectivity index (χ2v) is 6.97. The fraction of sp³-hybridized carbons (Fsp3) is 0.909. The van der Waals surface area contributed by atoms with Crippen molar-refractivity contribution in [2.24, 2.45) is 0 Å². The number of carboxylic acids is 1. The predicted octanol–water partition coefficient (Wildman–Crippen LogP) is 0.950. The van der Waals surface area contributed by atoms with Crippen LogP contribution < -0.4 is 4.72 Å². The summed E-state index contributed by atoms with van der Waals surface area (Å²) in [5, 5.41) is 8.56. The quantitative estimate of drug-likeness (QED) is 0.757. The van der Waals surface area contributed by atoms with E-state index in [1.807, 2.05) is 6.92 Å². The maximum atomic E-state index is 12.0. The number of nitrogens with one attached hydrogen (secondary N) is 1. The lowest BCUT2D eigenvalue weighted by molar-refractivity contribution is -0.137. The Hall–Kier alpha value is -0.660. The Kier molecular flexibility index (Phi) is 5.12. The minimum atomic E-state index is -3.59. The van der Waals surface area contributed by atoms with Gasteiger partial charge in [0.25, 0.3) is 10.2 Å². The molecule has 0 aromatic heterocycles. The van der Waals surface area contributed by atoms with Crippen LogP contribution in [0.3, 0.4) is 0 Å². The molecule has 0 aromatic carbocycles. The number of carbonyl (C=O) groups is 1. The van der Waals surface area contributed by atoms with Gasteiger partial charge in [0.05, 0.1) is 6.42 Å². The first-order chi connectivity index (χ1) is 8.25. The maximum absolute atomic E-state index is 12.0. The highest BCUT2D eigenvalue weighted by atomic mass is 32.2. The van der Waals surface area contributed by atoms with Gasteiger partial charge in [0.1, 0.15) is 0 Å². The van der Waals surface area contributed by atoms with Crippen LogP contribution in [0.15, 0.2) is 0 Å². The highest BCUT2D eigenvalue weighted by Gasteiger charge is 2.33. The molecule has 1 aliphatic carbocycles. The average Bonchev–Trinajstić information content (AvgIpc) is 2.25. The Morgan fingerprint density at radius 1 is 1.33 bits per heavy atom. The molecule has 7 heteroatoms. The zero-order valence-electron chi connectivity index (χ0n) is 11.0. The topological polar surface area (TPSA) is 86.7 Å². The van der Waals surface area contributed by atoms with E-state index >= 15 is 0 Å². The summed E-state index contributed by atoms with van der Waals surface area (Å²) in [6.45, 7) is 1.90. The Morgan fingerprint density at radius 3 is 2.39 bits per heavy atom. The molecule has 6 nitrogen and oxygen atoms in total. The lowest BCUT2D eigenvalue weighted by Gasteiger charge is -2.35. The molecule has 0 unspecified atom stereocenters. The van der Waals surface area contributed by atoms with Crippen LogP contribution in [-0.4, -0.2) is 42.9 Å². The summed E-state index contributed by atoms with van der Waals surface area (Å²) >= 11 is 0. The first kappa shape index (κ1) is 15.4. The molecule has 0 amide bonds. The van der Waals surface area contributed by atoms with Gasteiger partial charge in [0, 0.05) is 19.1 Å². The lowest BCUT2D eigenvalue weighted by atomic mass is 9.84. The van der Waals surface area contributed by atoms with Gasteiger partial charge >= 0.3 is 5.97 Å². The van der Waals surface area contributed by atoms with Crippen molar-refractivity contribution in [2.45, 2.75) is 51.0 Å². The summed E-state index contributed by atoms with van der Waals surface area (Å²) in [5.41, 5.74) is -0.394. The zero-order valence-corrected chi connectivity index (χ0v) is 11.8. The molecule has 0 aliphatic heterocycles. The van der Waals surface area contributed by atoms with Crippen molar-refractivity contribution >= 4 is 16.2 Å². The number of carboxylic acid groups (broad SMARTS) is 1. The van der Waals surface area contributed by atoms with Crippen molar-refractivity contribution in [1.82, 2.24) is 9.03 Å². The van der Waals surface area contributed by atoms with E-state index in [1.54, 1.807) is 0 Å². The summed E-state index contributed by atoms with van der Waals surface area (Å²) in [6.07, 6.45) is 4.67. The first-order valence-corrected chi connectivity index (χ1v) is 7.66. The monoisotopic (exact) mass is 278 g/mol. The molecule has 1 aliphatic rings. The van der Waals surface area contributed by atoms with Crippen molar-refractivity contribution < 1.29 is 18.3 Å². The molecular weight excluding hydrogens is 256 g/mol. The van der Waals surface area contributed by atoms with E-state index in [4.69, 9.17) is 5.11 Å². The van der Waals surface area contributed by atoms with Crippen LogP contribution in [-0.2, 0) is 15.0 Å². The third-order valence-corrected chi connectivity index (χ3v) is 5.14. The normalized spacial score (nSPS) is 19.9. The number of nitrogens with zero attached hydrogens (tertiary/aromatic N) is 1. The van der Waals surface area contributed by atoms with Crippen molar-refractivity contribution in [1.29, 1.82) is 0 Å². The summed E-state index contributed by atoms with van der Waals surface area (Å²) < 4.78 is 27.8. The molecule has 0 saturated heterocycles. The standard InChI is InChI=1S/C11H22N2O4S/c1-11(7-4-3-5-8-11)12-18(16,17)13(2)9-6-10(14)15/h12H,3-9H2,1-2H3,(H,14,15). The minimum absolute atomic E-state index is 0.0131. The van der Waals surface area contributed by atoms with Crippen LogP contribution in [0.2, 0.25) is 0 Å². The van der Waals surface area contributed by atoms with E-state index in [2.05, 4.69) is 4.72 Å². The molecule has 0 radical (unpaired) electrons. The van der Waals surface area contributed by atoms with Gasteiger partial charge in [-0.25, -0.2) is 0 Å². The fourth-order valence-corrected chi connectivity index (χ4v) is 3.51. The highest BCUT2D eigenvalue weighted by molar-refractivity contribution is 7.87. The van der Waals surface area contributed by atoms with Crippen LogP contribution in [0.1, 0.15) is 45.4 Å². The van der Waals surface area contributed by atoms with Gasteiger partial charge in [-0.15, -0.1) is 0 Å². The molecular formula is C11H22N2O4S. The molecule has 1 fully saturated rings. The van der Waals surface area contributed by atoms with Crippen molar-refractivity contribution in [3.63, 3.8) is 0 Å². The average molecular weight is 278 g/mol. The van der Waals surface area contributed by atoms with E-state index in [9.17, 15) is 13.2 Å². The van der Waals surface area contributed by atoms with Crippen molar-refractivity contribution in [2.75, 3.05) is 13.6 Å². The summed E-state index contributed by atoms with van der Waals surface area (Å²) in [6, 6.07) is 0. The maximum Gasteiger partial charge on any atom is 0.304 e. The van der Waals surface area contributed by atoms with Crippen LogP contribution in [0.25, 0.3) is 0 Å². The smallest absolute Gasteiger partial charge is 0.304 e. The van der Waals surface area contributed by atoms with Crippen molar-refractivity contribution in [3.05, 3.63) is 0 Å². The molecule has 106 valence electrons. The Bertz CT molecular complexity index is 388. The molecule has 2 N–H and O–H groups in total. The summed E-state index contributed by atoms with van der Waals surface area (Å²) in [5.74, 6) is -0.999. The Morgan fingerprint density at radius 2 is 1.89 bits per heavy atom. The lowest BCUT2D eigenvalue weighted by Crippen LogP contribution is -2.52. The van der Waals surface area contributed by atoms with Gasteiger partial charge in [0.2, 0.25) is 0 Å². The SMILES string of the molecule is CN(CCC(=O)O)S(=O)(=O)NC1(C)CCCCC1. The van der Waals surface area contributed by atoms with Gasteiger partial charge in [-0.05, 0) is 19.8 Å². The zero-order chi connectivity index (χ0) is 13.8. The van der Waals surface area contributed by atoms with Crippen molar-refractivity contribution in [3.8, 4) is 0 Å². The molecule has 0 heterocycles.